The first-order chi connectivity index (χ1) is 16.5. The molecular weight excluding hydrogens is 462 g/mol. The molecule has 186 valence electrons. The number of esters is 1. The molecule has 0 amide bonds. The van der Waals surface area contributed by atoms with Crippen molar-refractivity contribution >= 4 is 35.3 Å². The number of furan rings is 1. The quantitative estimate of drug-likeness (QED) is 0.123. The van der Waals surface area contributed by atoms with E-state index < -0.39 is 29.5 Å². The van der Waals surface area contributed by atoms with Gasteiger partial charge in [0.15, 0.2) is 0 Å². The zero-order chi connectivity index (χ0) is 26.0. The third kappa shape index (κ3) is 9.60. The maximum atomic E-state index is 12.4. The molecule has 0 unspecified atom stereocenters. The van der Waals surface area contributed by atoms with Crippen LogP contribution < -0.4 is 10.5 Å². The number of ether oxygens (including phenoxy) is 1. The minimum Gasteiger partial charge on any atom is -0.481 e. The van der Waals surface area contributed by atoms with Crippen LogP contribution in [0.3, 0.4) is 0 Å². The lowest BCUT2D eigenvalue weighted by atomic mass is 10.1. The molecule has 2 aromatic rings. The number of carbonyl (C=O) groups excluding carboxylic acids is 3. The highest BCUT2D eigenvalue weighted by atomic mass is 16.5. The van der Waals surface area contributed by atoms with Crippen LogP contribution in [0.4, 0.5) is 0 Å². The summed E-state index contributed by atoms with van der Waals surface area (Å²) in [6.45, 7) is -0.567. The first kappa shape index (κ1) is 26.9. The van der Waals surface area contributed by atoms with Gasteiger partial charge >= 0.3 is 17.9 Å². The monoisotopic (exact) mass is 487 g/mol. The second-order valence-electron chi connectivity index (χ2n) is 7.60. The van der Waals surface area contributed by atoms with Gasteiger partial charge in [-0.2, -0.15) is 0 Å². The number of carboxylic acids is 2. The van der Waals surface area contributed by atoms with Crippen molar-refractivity contribution in [2.75, 3.05) is 13.1 Å². The molecule has 0 spiro atoms. The van der Waals surface area contributed by atoms with E-state index >= 15 is 0 Å². The lowest BCUT2D eigenvalue weighted by molar-refractivity contribution is -0.138. The number of ketones is 2. The van der Waals surface area contributed by atoms with Gasteiger partial charge in [-0.3, -0.25) is 29.5 Å². The van der Waals surface area contributed by atoms with Gasteiger partial charge in [-0.15, -0.1) is 0 Å². The number of benzene rings is 1. The Hall–Kier alpha value is -4.32. The number of Topliss-reactive ketones (excluding diaryl/α,β-unsaturated/α-hetero) is 2. The normalized spacial score (nSPS) is 10.7. The van der Waals surface area contributed by atoms with E-state index in [1.54, 1.807) is 0 Å². The summed E-state index contributed by atoms with van der Waals surface area (Å²) in [6, 6.07) is 8.78. The number of hydrogen-bond donors (Lipinski definition) is 4. The Kier molecular flexibility index (Phi) is 9.84. The molecule has 12 nitrogen and oxygen atoms in total. The van der Waals surface area contributed by atoms with Crippen LogP contribution in [0.25, 0.3) is 0 Å². The summed E-state index contributed by atoms with van der Waals surface area (Å²) in [5.41, 5.74) is 5.84. The van der Waals surface area contributed by atoms with Crippen LogP contribution in [0.2, 0.25) is 0 Å². The lowest BCUT2D eigenvalue weighted by Crippen LogP contribution is -2.34. The van der Waals surface area contributed by atoms with Crippen molar-refractivity contribution in [3.8, 4) is 5.75 Å². The van der Waals surface area contributed by atoms with E-state index in [1.807, 2.05) is 0 Å². The number of nitrogens with two attached hydrogens (primary N) is 1. The molecule has 0 bridgehead atoms. The zero-order valence-electron chi connectivity index (χ0n) is 18.7. The summed E-state index contributed by atoms with van der Waals surface area (Å²) in [6.07, 6.45) is -1.17. The van der Waals surface area contributed by atoms with Crippen molar-refractivity contribution in [3.05, 3.63) is 53.5 Å². The number of hydrogen-bond acceptors (Lipinski definition) is 9. The topological polar surface area (TPSA) is 201 Å². The maximum absolute atomic E-state index is 12.4. The van der Waals surface area contributed by atoms with Crippen LogP contribution in [0.15, 0.2) is 40.8 Å². The Morgan fingerprint density at radius 2 is 1.40 bits per heavy atom. The highest BCUT2D eigenvalue weighted by Gasteiger charge is 2.20. The minimum absolute atomic E-state index is 0.0573. The van der Waals surface area contributed by atoms with Gasteiger partial charge in [0, 0.05) is 18.4 Å². The Labute approximate surface area is 199 Å². The van der Waals surface area contributed by atoms with Gasteiger partial charge in [0.05, 0.1) is 32.5 Å². The summed E-state index contributed by atoms with van der Waals surface area (Å²) in [5.74, 6) is -3.73. The SMILES string of the molecule is N=C(N)c1ccc(OC(=O)c2ccc(CN(CC(=O)CCC(=O)O)CC(=O)CCC(=O)O)o2)cc1. The van der Waals surface area contributed by atoms with Crippen molar-refractivity contribution in [1.29, 1.82) is 5.41 Å². The van der Waals surface area contributed by atoms with Crippen molar-refractivity contribution in [1.82, 2.24) is 4.90 Å². The smallest absolute Gasteiger partial charge is 0.379 e. The number of carbonyl (C=O) groups is 5. The molecule has 0 radical (unpaired) electrons. The molecule has 1 aromatic carbocycles. The van der Waals surface area contributed by atoms with E-state index in [1.165, 1.54) is 41.3 Å². The number of nitrogens with one attached hydrogen (secondary N) is 1. The molecule has 35 heavy (non-hydrogen) atoms. The number of nitrogens with zero attached hydrogens (tertiary/aromatic N) is 1. The van der Waals surface area contributed by atoms with Gasteiger partial charge in [0.2, 0.25) is 5.76 Å². The van der Waals surface area contributed by atoms with Crippen LogP contribution in [-0.4, -0.2) is 63.5 Å². The van der Waals surface area contributed by atoms with Gasteiger partial charge in [0.1, 0.15) is 28.9 Å². The third-order valence-electron chi connectivity index (χ3n) is 4.65. The van der Waals surface area contributed by atoms with Crippen molar-refractivity contribution in [2.45, 2.75) is 32.2 Å². The maximum Gasteiger partial charge on any atom is 0.379 e. The molecule has 2 rings (SSSR count). The van der Waals surface area contributed by atoms with Gasteiger partial charge in [-0.05, 0) is 36.4 Å². The standard InChI is InChI=1S/C23H25N3O9/c24-22(25)14-1-5-17(6-2-14)35-23(33)19-8-7-18(34-19)13-26(11-15(27)3-9-20(29)30)12-16(28)4-10-21(31)32/h1-2,5-8H,3-4,9-13H2,(H3,24,25)(H,29,30)(H,31,32). The predicted octanol–water partition coefficient (Wildman–Crippen LogP) is 1.45. The molecule has 0 aliphatic heterocycles. The molecule has 5 N–H and O–H groups in total. The zero-order valence-corrected chi connectivity index (χ0v) is 18.7. The van der Waals surface area contributed by atoms with E-state index in [9.17, 15) is 24.0 Å². The minimum atomic E-state index is -1.13. The van der Waals surface area contributed by atoms with Gasteiger partial charge in [0.25, 0.3) is 0 Å². The number of amidine groups is 1. The van der Waals surface area contributed by atoms with Crippen molar-refractivity contribution in [2.24, 2.45) is 5.73 Å². The summed E-state index contributed by atoms with van der Waals surface area (Å²) >= 11 is 0. The summed E-state index contributed by atoms with van der Waals surface area (Å²) < 4.78 is 10.7. The van der Waals surface area contributed by atoms with E-state index in [4.69, 9.17) is 30.5 Å². The summed E-state index contributed by atoms with van der Waals surface area (Å²) in [7, 11) is 0. The molecule has 1 aromatic heterocycles. The predicted molar refractivity (Wildman–Crippen MR) is 120 cm³/mol. The van der Waals surface area contributed by atoms with Gasteiger partial charge in [-0.25, -0.2) is 4.79 Å². The molecule has 0 fully saturated rings. The Morgan fingerprint density at radius 1 is 0.857 bits per heavy atom. The first-order valence-corrected chi connectivity index (χ1v) is 10.5. The molecule has 0 aliphatic carbocycles. The number of aliphatic carboxylic acids is 2. The third-order valence-corrected chi connectivity index (χ3v) is 4.65. The van der Waals surface area contributed by atoms with E-state index in [-0.39, 0.29) is 68.4 Å². The Bertz CT molecular complexity index is 1070. The molecule has 0 saturated heterocycles. The van der Waals surface area contributed by atoms with Gasteiger partial charge < -0.3 is 25.1 Å². The van der Waals surface area contributed by atoms with E-state index in [2.05, 4.69) is 0 Å². The molecular formula is C23H25N3O9. The van der Waals surface area contributed by atoms with Crippen LogP contribution >= 0.6 is 0 Å². The Morgan fingerprint density at radius 3 is 1.89 bits per heavy atom. The molecule has 0 aliphatic rings. The largest absolute Gasteiger partial charge is 0.481 e. The van der Waals surface area contributed by atoms with E-state index in [0.29, 0.717) is 5.56 Å². The molecule has 1 heterocycles. The van der Waals surface area contributed by atoms with Crippen LogP contribution in [0.1, 0.15) is 47.6 Å². The second kappa shape index (κ2) is 12.8. The fraction of sp³-hybridized carbons (Fsp3) is 0.304. The Balaban J connectivity index is 2.04. The fourth-order valence-corrected chi connectivity index (χ4v) is 2.97. The highest BCUT2D eigenvalue weighted by molar-refractivity contribution is 5.95. The number of nitrogen functional groups attached to an aromatic ring is 1. The second-order valence-corrected chi connectivity index (χ2v) is 7.60. The van der Waals surface area contributed by atoms with Crippen molar-refractivity contribution in [3.63, 3.8) is 0 Å². The van der Waals surface area contributed by atoms with Crippen molar-refractivity contribution < 1.29 is 43.3 Å². The van der Waals surface area contributed by atoms with Gasteiger partial charge in [-0.1, -0.05) is 0 Å². The van der Waals surface area contributed by atoms with E-state index in [0.717, 1.165) is 0 Å². The average molecular weight is 487 g/mol. The average Bonchev–Trinajstić information content (AvgIpc) is 3.25. The summed E-state index contributed by atoms with van der Waals surface area (Å²) in [5, 5.41) is 24.9. The van der Waals surface area contributed by atoms with Crippen LogP contribution in [0.5, 0.6) is 5.75 Å². The molecule has 0 saturated carbocycles. The van der Waals surface area contributed by atoms with Crippen LogP contribution in [0, 0.1) is 5.41 Å². The summed E-state index contributed by atoms with van der Waals surface area (Å²) in [4.78, 5) is 59.4. The molecule has 12 heteroatoms. The first-order valence-electron chi connectivity index (χ1n) is 10.5. The number of rotatable bonds is 15. The highest BCUT2D eigenvalue weighted by Crippen LogP contribution is 2.17. The fourth-order valence-electron chi connectivity index (χ4n) is 2.97. The molecule has 0 atom stereocenters. The lowest BCUT2D eigenvalue weighted by Gasteiger charge is -2.19. The van der Waals surface area contributed by atoms with Crippen LogP contribution in [-0.2, 0) is 25.7 Å². The number of carboxylic acid groups (broad SMARTS) is 2.